The molecule has 1 aliphatic rings. The molecular weight excluding hydrogens is 337 g/mol. The fraction of sp³-hybridized carbons (Fsp3) is 0.538. The monoisotopic (exact) mass is 353 g/mol. The minimum Gasteiger partial charge on any atom is -0.207 e. The van der Waals surface area contributed by atoms with Gasteiger partial charge in [-0.05, 0) is 30.2 Å². The van der Waals surface area contributed by atoms with E-state index < -0.39 is 10.0 Å². The van der Waals surface area contributed by atoms with Gasteiger partial charge in [0.05, 0.1) is 4.90 Å². The van der Waals surface area contributed by atoms with Crippen molar-refractivity contribution in [2.24, 2.45) is 0 Å². The molecule has 0 N–H and O–H groups in total. The second-order valence-electron chi connectivity index (χ2n) is 4.87. The molecule has 1 saturated heterocycles. The predicted octanol–water partition coefficient (Wildman–Crippen LogP) is 3.51. The zero-order chi connectivity index (χ0) is 14.9. The molecule has 2 rings (SSSR count). The van der Waals surface area contributed by atoms with Gasteiger partial charge in [0.25, 0.3) is 0 Å². The zero-order valence-corrected chi connectivity index (χ0v) is 14.5. The lowest BCUT2D eigenvalue weighted by atomic mass is 10.1. The summed E-state index contributed by atoms with van der Waals surface area (Å²) in [5.41, 5.74) is 1.45. The number of nitrogens with zero attached hydrogens (tertiary/aromatic N) is 1. The molecule has 1 aromatic rings. The molecule has 112 valence electrons. The summed E-state index contributed by atoms with van der Waals surface area (Å²) in [4.78, 5) is 0.278. The number of halogens is 2. The van der Waals surface area contributed by atoms with Crippen LogP contribution in [0.3, 0.4) is 0 Å². The molecule has 0 aliphatic carbocycles. The third kappa shape index (κ3) is 3.28. The summed E-state index contributed by atoms with van der Waals surface area (Å²) in [7, 11) is -3.50. The van der Waals surface area contributed by atoms with Crippen LogP contribution in [0.25, 0.3) is 0 Å². The Bertz CT molecular complexity index is 605. The van der Waals surface area contributed by atoms with Gasteiger partial charge in [-0.3, -0.25) is 0 Å². The molecule has 0 radical (unpaired) electrons. The second-order valence-corrected chi connectivity index (χ2v) is 9.02. The lowest BCUT2D eigenvalue weighted by Crippen LogP contribution is -2.41. The highest BCUT2D eigenvalue weighted by Crippen LogP contribution is 2.30. The maximum absolute atomic E-state index is 12.8. The van der Waals surface area contributed by atoms with Gasteiger partial charge in [0.1, 0.15) is 0 Å². The van der Waals surface area contributed by atoms with Gasteiger partial charge in [-0.15, -0.1) is 11.6 Å². The lowest BCUT2D eigenvalue weighted by molar-refractivity contribution is 0.424. The van der Waals surface area contributed by atoms with Crippen LogP contribution < -0.4 is 0 Å². The average Bonchev–Trinajstić information content (AvgIpc) is 2.40. The summed E-state index contributed by atoms with van der Waals surface area (Å²) in [6, 6.07) is 3.24. The maximum Gasteiger partial charge on any atom is 0.243 e. The first-order valence-corrected chi connectivity index (χ1v) is 9.73. The Morgan fingerprint density at radius 1 is 1.45 bits per heavy atom. The summed E-state index contributed by atoms with van der Waals surface area (Å²) in [5, 5.41) is 0.717. The number of alkyl halides is 1. The molecule has 7 heteroatoms. The van der Waals surface area contributed by atoms with Crippen LogP contribution in [0.1, 0.15) is 18.1 Å². The SMILES string of the molecule is Cc1c(CCl)cc(Cl)cc1S(=O)(=O)N1CCSC(C)C1. The lowest BCUT2D eigenvalue weighted by Gasteiger charge is -2.30. The minimum absolute atomic E-state index is 0.251. The molecule has 1 fully saturated rings. The molecule has 0 spiro atoms. The van der Waals surface area contributed by atoms with Crippen molar-refractivity contribution in [1.82, 2.24) is 4.31 Å². The third-order valence-corrected chi connectivity index (χ3v) is 7.03. The van der Waals surface area contributed by atoms with Crippen LogP contribution in [0.15, 0.2) is 17.0 Å². The molecule has 0 saturated carbocycles. The highest BCUT2D eigenvalue weighted by atomic mass is 35.5. The van der Waals surface area contributed by atoms with Crippen LogP contribution in [-0.4, -0.2) is 36.8 Å². The van der Waals surface area contributed by atoms with Crippen LogP contribution in [0.5, 0.6) is 0 Å². The van der Waals surface area contributed by atoms with Crippen molar-refractivity contribution in [2.75, 3.05) is 18.8 Å². The Balaban J connectivity index is 2.46. The van der Waals surface area contributed by atoms with E-state index in [2.05, 4.69) is 0 Å². The molecule has 0 aromatic heterocycles. The summed E-state index contributed by atoms with van der Waals surface area (Å²) in [6.07, 6.45) is 0. The Morgan fingerprint density at radius 2 is 2.15 bits per heavy atom. The minimum atomic E-state index is -3.50. The Labute approximate surface area is 134 Å². The smallest absolute Gasteiger partial charge is 0.207 e. The van der Waals surface area contributed by atoms with E-state index in [1.165, 1.54) is 6.07 Å². The van der Waals surface area contributed by atoms with E-state index in [0.29, 0.717) is 28.9 Å². The van der Waals surface area contributed by atoms with Crippen LogP contribution in [-0.2, 0) is 15.9 Å². The van der Waals surface area contributed by atoms with Crippen molar-refractivity contribution in [2.45, 2.75) is 29.9 Å². The van der Waals surface area contributed by atoms with E-state index in [1.54, 1.807) is 29.1 Å². The number of thioether (sulfide) groups is 1. The molecule has 1 aromatic carbocycles. The van der Waals surface area contributed by atoms with Gasteiger partial charge < -0.3 is 0 Å². The normalized spacial score (nSPS) is 21.1. The van der Waals surface area contributed by atoms with Crippen molar-refractivity contribution in [3.8, 4) is 0 Å². The van der Waals surface area contributed by atoms with Gasteiger partial charge in [0.2, 0.25) is 10.0 Å². The number of sulfonamides is 1. The molecule has 0 bridgehead atoms. The van der Waals surface area contributed by atoms with Crippen molar-refractivity contribution in [1.29, 1.82) is 0 Å². The van der Waals surface area contributed by atoms with Crippen molar-refractivity contribution in [3.05, 3.63) is 28.3 Å². The first-order chi connectivity index (χ1) is 9.36. The third-order valence-electron chi connectivity index (χ3n) is 3.40. The summed E-state index contributed by atoms with van der Waals surface area (Å²) in [5.74, 6) is 1.07. The van der Waals surface area contributed by atoms with Gasteiger partial charge in [-0.25, -0.2) is 8.42 Å². The molecule has 1 atom stereocenters. The van der Waals surface area contributed by atoms with Crippen LogP contribution in [0, 0.1) is 6.92 Å². The van der Waals surface area contributed by atoms with E-state index in [4.69, 9.17) is 23.2 Å². The second kappa shape index (κ2) is 6.44. The van der Waals surface area contributed by atoms with Crippen molar-refractivity contribution >= 4 is 45.0 Å². The van der Waals surface area contributed by atoms with Gasteiger partial charge in [-0.2, -0.15) is 16.1 Å². The predicted molar refractivity (Wildman–Crippen MR) is 86.4 cm³/mol. The first-order valence-electron chi connectivity index (χ1n) is 6.33. The van der Waals surface area contributed by atoms with E-state index in [0.717, 1.165) is 11.3 Å². The van der Waals surface area contributed by atoms with Crippen LogP contribution >= 0.6 is 35.0 Å². The summed E-state index contributed by atoms with van der Waals surface area (Å²) in [6.45, 7) is 4.90. The van der Waals surface area contributed by atoms with E-state index in [-0.39, 0.29) is 10.8 Å². The topological polar surface area (TPSA) is 37.4 Å². The molecule has 1 unspecified atom stereocenters. The highest BCUT2D eigenvalue weighted by molar-refractivity contribution is 8.00. The number of rotatable bonds is 3. The summed E-state index contributed by atoms with van der Waals surface area (Å²) < 4.78 is 27.1. The maximum atomic E-state index is 12.8. The van der Waals surface area contributed by atoms with Crippen LogP contribution in [0.2, 0.25) is 5.02 Å². The number of benzene rings is 1. The molecule has 1 heterocycles. The molecule has 20 heavy (non-hydrogen) atoms. The van der Waals surface area contributed by atoms with Crippen LogP contribution in [0.4, 0.5) is 0 Å². The van der Waals surface area contributed by atoms with Crippen molar-refractivity contribution < 1.29 is 8.42 Å². The fourth-order valence-corrected chi connectivity index (χ4v) is 5.89. The van der Waals surface area contributed by atoms with Crippen molar-refractivity contribution in [3.63, 3.8) is 0 Å². The van der Waals surface area contributed by atoms with Gasteiger partial charge in [-0.1, -0.05) is 18.5 Å². The molecule has 0 amide bonds. The van der Waals surface area contributed by atoms with Gasteiger partial charge in [0.15, 0.2) is 0 Å². The average molecular weight is 354 g/mol. The largest absolute Gasteiger partial charge is 0.243 e. The fourth-order valence-electron chi connectivity index (χ4n) is 2.26. The zero-order valence-electron chi connectivity index (χ0n) is 11.4. The summed E-state index contributed by atoms with van der Waals surface area (Å²) >= 11 is 13.7. The van der Waals surface area contributed by atoms with E-state index in [9.17, 15) is 8.42 Å². The number of hydrogen-bond donors (Lipinski definition) is 0. The Morgan fingerprint density at radius 3 is 2.75 bits per heavy atom. The molecular formula is C13H17Cl2NO2S2. The quantitative estimate of drug-likeness (QED) is 0.780. The van der Waals surface area contributed by atoms with E-state index >= 15 is 0 Å². The van der Waals surface area contributed by atoms with Gasteiger partial charge >= 0.3 is 0 Å². The molecule has 1 aliphatic heterocycles. The Kier molecular flexibility index (Phi) is 5.29. The van der Waals surface area contributed by atoms with Gasteiger partial charge in [0, 0.05) is 35.0 Å². The highest BCUT2D eigenvalue weighted by Gasteiger charge is 2.30. The number of hydrogen-bond acceptors (Lipinski definition) is 3. The first kappa shape index (κ1) is 16.4. The molecule has 3 nitrogen and oxygen atoms in total. The van der Waals surface area contributed by atoms with E-state index in [1.807, 2.05) is 6.92 Å². The Hall–Kier alpha value is 0.0600. The standard InChI is InChI=1S/C13H17Cl2NO2S2/c1-9-8-16(3-4-19-9)20(17,18)13-6-12(15)5-11(7-14)10(13)2/h5-6,9H,3-4,7-8H2,1-2H3.